The minimum Gasteiger partial charge on any atom is -0.472 e. The SMILES string of the molecule is CN1CCN(SC(=O)O)CC1. The third-order valence-electron chi connectivity index (χ3n) is 1.67. The number of carbonyl (C=O) groups is 1. The van der Waals surface area contributed by atoms with Gasteiger partial charge in [-0.15, -0.1) is 0 Å². The van der Waals surface area contributed by atoms with Crippen molar-refractivity contribution in [3.63, 3.8) is 0 Å². The van der Waals surface area contributed by atoms with Crippen LogP contribution in [0.15, 0.2) is 0 Å². The maximum Gasteiger partial charge on any atom is 0.380 e. The second-order valence-electron chi connectivity index (χ2n) is 2.59. The van der Waals surface area contributed by atoms with Crippen LogP contribution in [0.4, 0.5) is 4.79 Å². The molecule has 0 unspecified atom stereocenters. The Morgan fingerprint density at radius 2 is 1.91 bits per heavy atom. The number of piperazine rings is 1. The van der Waals surface area contributed by atoms with Crippen molar-refractivity contribution in [2.75, 3.05) is 33.2 Å². The van der Waals surface area contributed by atoms with E-state index in [1.165, 1.54) is 0 Å². The molecule has 4 nitrogen and oxygen atoms in total. The van der Waals surface area contributed by atoms with Crippen LogP contribution in [0, 0.1) is 0 Å². The highest BCUT2D eigenvalue weighted by Gasteiger charge is 2.16. The average molecular weight is 176 g/mol. The molecular formula is C6H12N2O2S. The fraction of sp³-hybridized carbons (Fsp3) is 0.833. The molecule has 0 bridgehead atoms. The van der Waals surface area contributed by atoms with E-state index in [9.17, 15) is 4.79 Å². The molecule has 1 N–H and O–H groups in total. The monoisotopic (exact) mass is 176 g/mol. The van der Waals surface area contributed by atoms with Gasteiger partial charge in [0.2, 0.25) is 0 Å². The first-order valence-electron chi connectivity index (χ1n) is 3.53. The van der Waals surface area contributed by atoms with Crippen molar-refractivity contribution in [3.05, 3.63) is 0 Å². The fourth-order valence-electron chi connectivity index (χ4n) is 0.990. The first-order valence-corrected chi connectivity index (χ1v) is 4.30. The molecule has 1 heterocycles. The van der Waals surface area contributed by atoms with Gasteiger partial charge in [-0.1, -0.05) is 0 Å². The van der Waals surface area contributed by atoms with Crippen molar-refractivity contribution >= 4 is 17.2 Å². The minimum absolute atomic E-state index is 0.811. The normalized spacial score (nSPS) is 21.9. The van der Waals surface area contributed by atoms with Crippen LogP contribution < -0.4 is 0 Å². The van der Waals surface area contributed by atoms with Gasteiger partial charge in [0.05, 0.1) is 0 Å². The van der Waals surface area contributed by atoms with E-state index in [0.717, 1.165) is 38.1 Å². The average Bonchev–Trinajstić information content (AvgIpc) is 1.93. The first kappa shape index (κ1) is 8.83. The molecule has 1 saturated heterocycles. The molecule has 0 spiro atoms. The van der Waals surface area contributed by atoms with E-state index >= 15 is 0 Å². The molecule has 1 rings (SSSR count). The van der Waals surface area contributed by atoms with Gasteiger partial charge in [-0.05, 0) is 7.05 Å². The molecule has 0 aromatic carbocycles. The number of nitrogens with zero attached hydrogens (tertiary/aromatic N) is 2. The van der Waals surface area contributed by atoms with Crippen molar-refractivity contribution in [2.24, 2.45) is 0 Å². The predicted molar refractivity (Wildman–Crippen MR) is 44.7 cm³/mol. The molecule has 1 aliphatic heterocycles. The lowest BCUT2D eigenvalue weighted by molar-refractivity contribution is 0.214. The van der Waals surface area contributed by atoms with E-state index in [2.05, 4.69) is 4.90 Å². The van der Waals surface area contributed by atoms with E-state index in [1.807, 2.05) is 11.4 Å². The Hall–Kier alpha value is -0.260. The van der Waals surface area contributed by atoms with Crippen molar-refractivity contribution in [3.8, 4) is 0 Å². The molecule has 0 saturated carbocycles. The molecule has 64 valence electrons. The zero-order chi connectivity index (χ0) is 8.27. The van der Waals surface area contributed by atoms with Crippen LogP contribution in [-0.4, -0.2) is 52.8 Å². The Bertz CT molecular complexity index is 146. The third-order valence-corrected chi connectivity index (χ3v) is 2.45. The summed E-state index contributed by atoms with van der Waals surface area (Å²) >= 11 is 0.901. The first-order chi connectivity index (χ1) is 5.18. The van der Waals surface area contributed by atoms with Gasteiger partial charge in [0.15, 0.2) is 0 Å². The quantitative estimate of drug-likeness (QED) is 0.591. The molecule has 0 aromatic rings. The Morgan fingerprint density at radius 3 is 2.36 bits per heavy atom. The summed E-state index contributed by atoms with van der Waals surface area (Å²) in [6.45, 7) is 3.60. The lowest BCUT2D eigenvalue weighted by Crippen LogP contribution is -2.41. The van der Waals surface area contributed by atoms with E-state index in [0.29, 0.717) is 0 Å². The van der Waals surface area contributed by atoms with E-state index in [4.69, 9.17) is 5.11 Å². The van der Waals surface area contributed by atoms with E-state index in [1.54, 1.807) is 0 Å². The number of likely N-dealkylation sites (N-methyl/N-ethyl adjacent to an activating group) is 1. The number of hydrogen-bond acceptors (Lipinski definition) is 4. The second kappa shape index (κ2) is 3.94. The maximum absolute atomic E-state index is 10.3. The van der Waals surface area contributed by atoms with Crippen LogP contribution in [0.25, 0.3) is 0 Å². The predicted octanol–water partition coefficient (Wildman–Crippen LogP) is 0.560. The van der Waals surface area contributed by atoms with E-state index < -0.39 is 5.30 Å². The summed E-state index contributed by atoms with van der Waals surface area (Å²) in [7, 11) is 2.04. The molecule has 5 heteroatoms. The topological polar surface area (TPSA) is 43.8 Å². The van der Waals surface area contributed by atoms with Crippen molar-refractivity contribution in [1.29, 1.82) is 0 Å². The van der Waals surface area contributed by atoms with Gasteiger partial charge in [-0.3, -0.25) is 0 Å². The van der Waals surface area contributed by atoms with Gasteiger partial charge in [0.1, 0.15) is 0 Å². The second-order valence-corrected chi connectivity index (χ2v) is 3.64. The smallest absolute Gasteiger partial charge is 0.380 e. The largest absolute Gasteiger partial charge is 0.472 e. The number of carboxylic acid groups (broad SMARTS) is 1. The molecular weight excluding hydrogens is 164 g/mol. The Kier molecular flexibility index (Phi) is 3.16. The van der Waals surface area contributed by atoms with Gasteiger partial charge in [0, 0.05) is 38.1 Å². The van der Waals surface area contributed by atoms with Crippen molar-refractivity contribution in [1.82, 2.24) is 9.21 Å². The van der Waals surface area contributed by atoms with Gasteiger partial charge < -0.3 is 10.0 Å². The fourth-order valence-corrected chi connectivity index (χ4v) is 1.56. The van der Waals surface area contributed by atoms with Crippen molar-refractivity contribution in [2.45, 2.75) is 0 Å². The summed E-state index contributed by atoms with van der Waals surface area (Å²) in [5.41, 5.74) is 0. The molecule has 0 aliphatic carbocycles. The lowest BCUT2D eigenvalue weighted by Gasteiger charge is -2.29. The van der Waals surface area contributed by atoms with Gasteiger partial charge in [-0.2, -0.15) is 0 Å². The van der Waals surface area contributed by atoms with E-state index in [-0.39, 0.29) is 0 Å². The lowest BCUT2D eigenvalue weighted by atomic mass is 10.4. The van der Waals surface area contributed by atoms with Crippen LogP contribution >= 0.6 is 11.9 Å². The standard InChI is InChI=1S/C6H12N2O2S/c1-7-2-4-8(5-3-7)11-6(9)10/h2-5H2,1H3,(H,9,10). The Morgan fingerprint density at radius 1 is 1.36 bits per heavy atom. The Labute approximate surface area is 70.3 Å². The molecule has 0 amide bonds. The highest BCUT2D eigenvalue weighted by atomic mass is 32.2. The number of rotatable bonds is 1. The molecule has 0 atom stereocenters. The summed E-state index contributed by atoms with van der Waals surface area (Å²) in [4.78, 5) is 12.5. The van der Waals surface area contributed by atoms with Crippen LogP contribution in [0.2, 0.25) is 0 Å². The molecule has 1 aliphatic rings. The highest BCUT2D eigenvalue weighted by Crippen LogP contribution is 2.12. The molecule has 0 radical (unpaired) electrons. The van der Waals surface area contributed by atoms with Crippen LogP contribution in [0.1, 0.15) is 0 Å². The zero-order valence-electron chi connectivity index (χ0n) is 6.49. The van der Waals surface area contributed by atoms with Gasteiger partial charge in [0.25, 0.3) is 0 Å². The number of hydrogen-bond donors (Lipinski definition) is 1. The van der Waals surface area contributed by atoms with Gasteiger partial charge >= 0.3 is 5.30 Å². The molecule has 11 heavy (non-hydrogen) atoms. The van der Waals surface area contributed by atoms with Gasteiger partial charge in [-0.25, -0.2) is 9.10 Å². The van der Waals surface area contributed by atoms with Crippen LogP contribution in [-0.2, 0) is 0 Å². The summed E-state index contributed by atoms with van der Waals surface area (Å²) < 4.78 is 1.88. The summed E-state index contributed by atoms with van der Waals surface area (Å²) in [5.74, 6) is 0. The Balaban J connectivity index is 2.22. The highest BCUT2D eigenvalue weighted by molar-refractivity contribution is 8.11. The maximum atomic E-state index is 10.3. The van der Waals surface area contributed by atoms with Crippen molar-refractivity contribution < 1.29 is 9.90 Å². The summed E-state index contributed by atoms with van der Waals surface area (Å²) in [6.07, 6.45) is 0. The third kappa shape index (κ3) is 3.09. The minimum atomic E-state index is -0.811. The molecule has 1 fully saturated rings. The van der Waals surface area contributed by atoms with Crippen LogP contribution in [0.5, 0.6) is 0 Å². The zero-order valence-corrected chi connectivity index (χ0v) is 7.30. The summed E-state index contributed by atoms with van der Waals surface area (Å²) in [6, 6.07) is 0. The summed E-state index contributed by atoms with van der Waals surface area (Å²) in [5, 5.41) is 7.63. The van der Waals surface area contributed by atoms with Crippen LogP contribution in [0.3, 0.4) is 0 Å². The molecule has 0 aromatic heterocycles.